The third-order valence-corrected chi connectivity index (χ3v) is 1.75. The predicted octanol–water partition coefficient (Wildman–Crippen LogP) is 2.23. The molecule has 0 aliphatic carbocycles. The Morgan fingerprint density at radius 2 is 2.30 bits per heavy atom. The van der Waals surface area contributed by atoms with Crippen LogP contribution < -0.4 is 0 Å². The van der Waals surface area contributed by atoms with Crippen molar-refractivity contribution in [1.29, 1.82) is 0 Å². The standard InChI is InChI=1S/C6H10BrNO2/c1-2-3-4-5(8-10)6(7)9/h5H,2-4H2,1H3/t5-/m0/s1. The van der Waals surface area contributed by atoms with Gasteiger partial charge in [-0.3, -0.25) is 4.79 Å². The van der Waals surface area contributed by atoms with Crippen molar-refractivity contribution in [2.75, 3.05) is 0 Å². The summed E-state index contributed by atoms with van der Waals surface area (Å²) in [6.45, 7) is 2.00. The Bertz CT molecular complexity index is 127. The maximum atomic E-state index is 10.5. The second-order valence-corrected chi connectivity index (χ2v) is 2.85. The quantitative estimate of drug-likeness (QED) is 0.513. The van der Waals surface area contributed by atoms with E-state index >= 15 is 0 Å². The van der Waals surface area contributed by atoms with Crippen molar-refractivity contribution in [1.82, 2.24) is 0 Å². The summed E-state index contributed by atoms with van der Waals surface area (Å²) in [6, 6.07) is -0.681. The Morgan fingerprint density at radius 3 is 2.60 bits per heavy atom. The molecule has 0 heterocycles. The third kappa shape index (κ3) is 3.71. The number of nitrogens with zero attached hydrogens (tertiary/aromatic N) is 1. The number of nitroso groups, excluding NO2 is 1. The molecule has 0 aliphatic heterocycles. The Morgan fingerprint density at radius 1 is 1.70 bits per heavy atom. The van der Waals surface area contributed by atoms with Gasteiger partial charge < -0.3 is 0 Å². The van der Waals surface area contributed by atoms with Crippen molar-refractivity contribution in [3.05, 3.63) is 4.91 Å². The highest BCUT2D eigenvalue weighted by Crippen LogP contribution is 2.08. The number of hydrogen-bond donors (Lipinski definition) is 0. The zero-order chi connectivity index (χ0) is 7.98. The number of carbonyl (C=O) groups excluding carboxylic acids is 1. The van der Waals surface area contributed by atoms with E-state index in [1.54, 1.807) is 0 Å². The molecule has 3 nitrogen and oxygen atoms in total. The molecule has 0 fully saturated rings. The molecular weight excluding hydrogens is 198 g/mol. The maximum Gasteiger partial charge on any atom is 0.225 e. The maximum absolute atomic E-state index is 10.5. The van der Waals surface area contributed by atoms with Gasteiger partial charge in [0.25, 0.3) is 0 Å². The lowest BCUT2D eigenvalue weighted by molar-refractivity contribution is -0.111. The molecule has 0 rings (SSSR count). The van der Waals surface area contributed by atoms with Crippen LogP contribution in [0.1, 0.15) is 26.2 Å². The molecule has 0 unspecified atom stereocenters. The van der Waals surface area contributed by atoms with Gasteiger partial charge in [0, 0.05) is 0 Å². The van der Waals surface area contributed by atoms with Crippen molar-refractivity contribution in [3.8, 4) is 0 Å². The Balaban J connectivity index is 3.60. The molecule has 1 atom stereocenters. The molecular formula is C6H10BrNO2. The first-order valence-electron chi connectivity index (χ1n) is 3.24. The number of halogens is 1. The van der Waals surface area contributed by atoms with Crippen molar-refractivity contribution in [2.45, 2.75) is 32.2 Å². The first-order chi connectivity index (χ1) is 4.72. The highest BCUT2D eigenvalue weighted by molar-refractivity contribution is 9.18. The second kappa shape index (κ2) is 5.53. The van der Waals surface area contributed by atoms with Crippen LogP contribution in [0.4, 0.5) is 0 Å². The molecule has 0 radical (unpaired) electrons. The van der Waals surface area contributed by atoms with Crippen molar-refractivity contribution in [2.24, 2.45) is 5.18 Å². The SMILES string of the molecule is CCCC[C@H](N=O)C(=O)Br. The number of rotatable bonds is 5. The first-order valence-corrected chi connectivity index (χ1v) is 4.03. The van der Waals surface area contributed by atoms with Gasteiger partial charge in [-0.1, -0.05) is 24.9 Å². The molecule has 0 saturated heterocycles. The normalized spacial score (nSPS) is 12.6. The minimum absolute atomic E-state index is 0.309. The van der Waals surface area contributed by atoms with Crippen LogP contribution >= 0.6 is 15.9 Å². The van der Waals surface area contributed by atoms with E-state index in [1.807, 2.05) is 6.92 Å². The van der Waals surface area contributed by atoms with Gasteiger partial charge in [-0.2, -0.15) is 4.91 Å². The van der Waals surface area contributed by atoms with Crippen LogP contribution in [0.2, 0.25) is 0 Å². The summed E-state index contributed by atoms with van der Waals surface area (Å²) in [6.07, 6.45) is 2.41. The predicted molar refractivity (Wildman–Crippen MR) is 43.0 cm³/mol. The fraction of sp³-hybridized carbons (Fsp3) is 0.833. The van der Waals surface area contributed by atoms with E-state index in [9.17, 15) is 9.70 Å². The van der Waals surface area contributed by atoms with Crippen LogP contribution in [-0.2, 0) is 4.79 Å². The van der Waals surface area contributed by atoms with Gasteiger partial charge in [0.15, 0.2) is 6.04 Å². The molecule has 0 amide bonds. The molecule has 0 saturated carbocycles. The molecule has 0 aromatic carbocycles. The van der Waals surface area contributed by atoms with Crippen LogP contribution in [-0.4, -0.2) is 10.7 Å². The average molecular weight is 208 g/mol. The van der Waals surface area contributed by atoms with Gasteiger partial charge in [0.2, 0.25) is 4.69 Å². The highest BCUT2D eigenvalue weighted by atomic mass is 79.9. The van der Waals surface area contributed by atoms with Crippen LogP contribution in [0, 0.1) is 4.91 Å². The largest absolute Gasteiger partial charge is 0.284 e. The van der Waals surface area contributed by atoms with E-state index in [1.165, 1.54) is 0 Å². The topological polar surface area (TPSA) is 46.5 Å². The van der Waals surface area contributed by atoms with Crippen molar-refractivity contribution in [3.63, 3.8) is 0 Å². The Labute approximate surface area is 68.3 Å². The molecule has 0 N–H and O–H groups in total. The third-order valence-electron chi connectivity index (χ3n) is 1.22. The van der Waals surface area contributed by atoms with E-state index in [0.29, 0.717) is 6.42 Å². The van der Waals surface area contributed by atoms with Crippen LogP contribution in [0.15, 0.2) is 5.18 Å². The van der Waals surface area contributed by atoms with Gasteiger partial charge in [0.05, 0.1) is 0 Å². The van der Waals surface area contributed by atoms with Crippen molar-refractivity contribution >= 4 is 20.6 Å². The van der Waals surface area contributed by atoms with Crippen LogP contribution in [0.3, 0.4) is 0 Å². The average Bonchev–Trinajstić information content (AvgIpc) is 1.89. The Hall–Kier alpha value is -0.250. The van der Waals surface area contributed by atoms with Gasteiger partial charge >= 0.3 is 0 Å². The number of hydrogen-bond acceptors (Lipinski definition) is 3. The lowest BCUT2D eigenvalue weighted by Gasteiger charge is -1.99. The smallest absolute Gasteiger partial charge is 0.225 e. The van der Waals surface area contributed by atoms with E-state index in [4.69, 9.17) is 0 Å². The second-order valence-electron chi connectivity index (χ2n) is 2.07. The molecule has 0 aromatic rings. The minimum atomic E-state index is -0.681. The molecule has 0 spiro atoms. The molecule has 4 heteroatoms. The van der Waals surface area contributed by atoms with E-state index in [0.717, 1.165) is 12.8 Å². The summed E-state index contributed by atoms with van der Waals surface area (Å²) in [7, 11) is 0. The fourth-order valence-corrected chi connectivity index (χ4v) is 0.918. The summed E-state index contributed by atoms with van der Waals surface area (Å²) < 4.78 is -0.309. The van der Waals surface area contributed by atoms with Gasteiger partial charge in [-0.05, 0) is 22.4 Å². The lowest BCUT2D eigenvalue weighted by Crippen LogP contribution is -2.10. The fourth-order valence-electron chi connectivity index (χ4n) is 0.605. The minimum Gasteiger partial charge on any atom is -0.284 e. The summed E-state index contributed by atoms with van der Waals surface area (Å²) in [5.41, 5.74) is 0. The summed E-state index contributed by atoms with van der Waals surface area (Å²) >= 11 is 2.70. The summed E-state index contributed by atoms with van der Waals surface area (Å²) in [5.74, 6) is 0. The van der Waals surface area contributed by atoms with Crippen LogP contribution in [0.25, 0.3) is 0 Å². The molecule has 10 heavy (non-hydrogen) atoms. The monoisotopic (exact) mass is 207 g/mol. The van der Waals surface area contributed by atoms with E-state index in [-0.39, 0.29) is 4.69 Å². The zero-order valence-corrected chi connectivity index (χ0v) is 7.43. The number of unbranched alkanes of at least 4 members (excludes halogenated alkanes) is 1. The van der Waals surface area contributed by atoms with Crippen LogP contribution in [0.5, 0.6) is 0 Å². The molecule has 0 aromatic heterocycles. The Kier molecular flexibility index (Phi) is 5.39. The van der Waals surface area contributed by atoms with Gasteiger partial charge in [0.1, 0.15) is 0 Å². The first kappa shape index (κ1) is 9.75. The van der Waals surface area contributed by atoms with E-state index in [2.05, 4.69) is 21.1 Å². The van der Waals surface area contributed by atoms with E-state index < -0.39 is 6.04 Å². The molecule has 0 aliphatic rings. The van der Waals surface area contributed by atoms with Crippen molar-refractivity contribution < 1.29 is 4.79 Å². The lowest BCUT2D eigenvalue weighted by atomic mass is 10.1. The summed E-state index contributed by atoms with van der Waals surface area (Å²) in [5, 5.41) is 2.68. The highest BCUT2D eigenvalue weighted by Gasteiger charge is 2.14. The zero-order valence-electron chi connectivity index (χ0n) is 5.84. The van der Waals surface area contributed by atoms with Gasteiger partial charge in [-0.25, -0.2) is 0 Å². The number of carbonyl (C=O) groups is 1. The summed E-state index contributed by atoms with van der Waals surface area (Å²) in [4.78, 5) is 20.5. The molecule has 0 bridgehead atoms. The van der Waals surface area contributed by atoms with Gasteiger partial charge in [-0.15, -0.1) is 0 Å². The molecule has 58 valence electrons.